The van der Waals surface area contributed by atoms with Gasteiger partial charge in [-0.1, -0.05) is 49.2 Å². The molecule has 5 heteroatoms. The highest BCUT2D eigenvalue weighted by molar-refractivity contribution is 5.22. The van der Waals surface area contributed by atoms with Gasteiger partial charge in [-0.2, -0.15) is 0 Å². The first kappa shape index (κ1) is 21.6. The molecule has 2 atom stereocenters. The van der Waals surface area contributed by atoms with Crippen molar-refractivity contribution >= 4 is 0 Å². The Morgan fingerprint density at radius 3 is 1.74 bits per heavy atom. The monoisotopic (exact) mass is 415 g/mol. The Labute approximate surface area is 185 Å². The van der Waals surface area contributed by atoms with Crippen molar-refractivity contribution in [2.75, 3.05) is 0 Å². The fraction of sp³-hybridized carbons (Fsp3) is 0.385. The molecule has 0 radical (unpaired) electrons. The van der Waals surface area contributed by atoms with E-state index in [1.54, 1.807) is 0 Å². The van der Waals surface area contributed by atoms with E-state index in [4.69, 9.17) is 0 Å². The first-order valence-corrected chi connectivity index (χ1v) is 11.4. The number of hydrogen-bond donors (Lipinski definition) is 3. The molecule has 0 spiro atoms. The Kier molecular flexibility index (Phi) is 8.16. The smallest absolute Gasteiger partial charge is 0.0541 e. The fourth-order valence-electron chi connectivity index (χ4n) is 4.22. The molecule has 1 aromatic carbocycles. The number of nitrogens with zero attached hydrogens (tertiary/aromatic N) is 2. The molecular weight excluding hydrogens is 382 g/mol. The van der Waals surface area contributed by atoms with Gasteiger partial charge in [0.1, 0.15) is 0 Å². The summed E-state index contributed by atoms with van der Waals surface area (Å²) in [7, 11) is 0. The van der Waals surface area contributed by atoms with Gasteiger partial charge in [0.25, 0.3) is 0 Å². The second kappa shape index (κ2) is 11.7. The third-order valence-corrected chi connectivity index (χ3v) is 5.99. The highest BCUT2D eigenvalue weighted by Crippen LogP contribution is 2.19. The fourth-order valence-corrected chi connectivity index (χ4v) is 4.22. The van der Waals surface area contributed by atoms with Gasteiger partial charge < -0.3 is 16.0 Å². The highest BCUT2D eigenvalue weighted by Gasteiger charge is 2.24. The van der Waals surface area contributed by atoms with Gasteiger partial charge in [-0.15, -0.1) is 0 Å². The van der Waals surface area contributed by atoms with E-state index in [1.165, 1.54) is 36.8 Å². The summed E-state index contributed by atoms with van der Waals surface area (Å²) in [6, 6.07) is 22.1. The predicted octanol–water partition coefficient (Wildman–Crippen LogP) is 3.96. The van der Waals surface area contributed by atoms with E-state index in [-0.39, 0.29) is 0 Å². The standard InChI is InChI=1S/C26H33N5/c1-2-10-26(31-20-24-8-4-6-16-29-24)25(9-1)30-18-22-13-11-21(12-14-22)17-27-19-23-7-3-5-15-28-23/h3-8,11-16,25-27,30-31H,1-2,9-10,17-20H2/t25-,26-/m1/s1. The van der Waals surface area contributed by atoms with Crippen molar-refractivity contribution in [3.63, 3.8) is 0 Å². The topological polar surface area (TPSA) is 61.9 Å². The summed E-state index contributed by atoms with van der Waals surface area (Å²) >= 11 is 0. The molecule has 3 aromatic rings. The molecule has 2 aromatic heterocycles. The number of aromatic nitrogens is 2. The minimum atomic E-state index is 0.505. The molecule has 1 saturated carbocycles. The maximum Gasteiger partial charge on any atom is 0.0541 e. The van der Waals surface area contributed by atoms with Gasteiger partial charge in [-0.05, 0) is 48.2 Å². The second-order valence-electron chi connectivity index (χ2n) is 8.32. The molecule has 1 aliphatic rings. The van der Waals surface area contributed by atoms with E-state index in [2.05, 4.69) is 62.3 Å². The Balaban J connectivity index is 1.21. The van der Waals surface area contributed by atoms with Crippen molar-refractivity contribution < 1.29 is 0 Å². The molecule has 2 heterocycles. The van der Waals surface area contributed by atoms with E-state index in [1.807, 2.05) is 36.7 Å². The summed E-state index contributed by atoms with van der Waals surface area (Å²) in [4.78, 5) is 8.79. The molecule has 162 valence electrons. The van der Waals surface area contributed by atoms with E-state index < -0.39 is 0 Å². The van der Waals surface area contributed by atoms with Crippen LogP contribution in [-0.4, -0.2) is 22.1 Å². The summed E-state index contributed by atoms with van der Waals surface area (Å²) in [5.41, 5.74) is 4.82. The van der Waals surface area contributed by atoms with Gasteiger partial charge in [0.2, 0.25) is 0 Å². The van der Waals surface area contributed by atoms with Crippen LogP contribution in [0.5, 0.6) is 0 Å². The molecule has 5 nitrogen and oxygen atoms in total. The largest absolute Gasteiger partial charge is 0.308 e. The van der Waals surface area contributed by atoms with Crippen LogP contribution < -0.4 is 16.0 Å². The Morgan fingerprint density at radius 2 is 1.16 bits per heavy atom. The lowest BCUT2D eigenvalue weighted by Crippen LogP contribution is -2.49. The summed E-state index contributed by atoms with van der Waals surface area (Å²) < 4.78 is 0. The zero-order valence-electron chi connectivity index (χ0n) is 18.1. The molecule has 0 unspecified atom stereocenters. The average molecular weight is 416 g/mol. The lowest BCUT2D eigenvalue weighted by Gasteiger charge is -2.33. The van der Waals surface area contributed by atoms with Crippen LogP contribution in [0.25, 0.3) is 0 Å². The molecule has 0 saturated heterocycles. The van der Waals surface area contributed by atoms with E-state index in [0.29, 0.717) is 12.1 Å². The van der Waals surface area contributed by atoms with Crippen LogP contribution in [0.3, 0.4) is 0 Å². The van der Waals surface area contributed by atoms with E-state index >= 15 is 0 Å². The molecule has 1 aliphatic carbocycles. The van der Waals surface area contributed by atoms with Crippen molar-refractivity contribution in [1.29, 1.82) is 0 Å². The van der Waals surface area contributed by atoms with Crippen molar-refractivity contribution in [1.82, 2.24) is 25.9 Å². The number of benzene rings is 1. The number of rotatable bonds is 10. The Morgan fingerprint density at radius 1 is 0.613 bits per heavy atom. The quantitative estimate of drug-likeness (QED) is 0.468. The molecule has 1 fully saturated rings. The van der Waals surface area contributed by atoms with Crippen molar-refractivity contribution in [3.8, 4) is 0 Å². The van der Waals surface area contributed by atoms with Crippen LogP contribution in [-0.2, 0) is 26.2 Å². The normalized spacial score (nSPS) is 18.7. The first-order chi connectivity index (χ1) is 15.4. The van der Waals surface area contributed by atoms with Gasteiger partial charge in [-0.25, -0.2) is 0 Å². The molecule has 0 aliphatic heterocycles. The maximum atomic E-state index is 4.44. The van der Waals surface area contributed by atoms with E-state index in [9.17, 15) is 0 Å². The van der Waals surface area contributed by atoms with Gasteiger partial charge in [-0.3, -0.25) is 9.97 Å². The molecule has 0 amide bonds. The molecule has 0 bridgehead atoms. The van der Waals surface area contributed by atoms with Crippen LogP contribution in [0.15, 0.2) is 73.1 Å². The van der Waals surface area contributed by atoms with Crippen LogP contribution >= 0.6 is 0 Å². The van der Waals surface area contributed by atoms with Crippen molar-refractivity contribution in [2.45, 2.75) is 63.9 Å². The van der Waals surface area contributed by atoms with Crippen LogP contribution in [0.4, 0.5) is 0 Å². The summed E-state index contributed by atoms with van der Waals surface area (Å²) in [5, 5.41) is 11.0. The van der Waals surface area contributed by atoms with Gasteiger partial charge in [0.15, 0.2) is 0 Å². The summed E-state index contributed by atoms with van der Waals surface area (Å²) in [6.45, 7) is 3.39. The lowest BCUT2D eigenvalue weighted by atomic mass is 9.90. The Hall–Kier alpha value is -2.60. The van der Waals surface area contributed by atoms with Crippen LogP contribution in [0, 0.1) is 0 Å². The number of pyridine rings is 2. The summed E-state index contributed by atoms with van der Waals surface area (Å²) in [5.74, 6) is 0. The van der Waals surface area contributed by atoms with Crippen LogP contribution in [0.2, 0.25) is 0 Å². The van der Waals surface area contributed by atoms with Crippen molar-refractivity contribution in [3.05, 3.63) is 95.6 Å². The third-order valence-electron chi connectivity index (χ3n) is 5.99. The lowest BCUT2D eigenvalue weighted by molar-refractivity contribution is 0.280. The van der Waals surface area contributed by atoms with E-state index in [0.717, 1.165) is 37.6 Å². The number of nitrogens with one attached hydrogen (secondary N) is 3. The van der Waals surface area contributed by atoms with Crippen LogP contribution in [0.1, 0.15) is 48.2 Å². The predicted molar refractivity (Wildman–Crippen MR) is 125 cm³/mol. The zero-order valence-corrected chi connectivity index (χ0v) is 18.1. The van der Waals surface area contributed by atoms with Gasteiger partial charge in [0, 0.05) is 50.7 Å². The minimum absolute atomic E-state index is 0.505. The van der Waals surface area contributed by atoms with Gasteiger partial charge in [0.05, 0.1) is 11.4 Å². The SMILES string of the molecule is c1ccc(CNCc2ccc(CN[C@@H]3CCCC[C@H]3NCc3ccccn3)cc2)nc1. The molecule has 3 N–H and O–H groups in total. The first-order valence-electron chi connectivity index (χ1n) is 11.4. The molecule has 4 rings (SSSR count). The highest BCUT2D eigenvalue weighted by atomic mass is 15.0. The number of hydrogen-bond acceptors (Lipinski definition) is 5. The minimum Gasteiger partial charge on any atom is -0.308 e. The third kappa shape index (κ3) is 6.96. The summed E-state index contributed by atoms with van der Waals surface area (Å²) in [6.07, 6.45) is 8.77. The average Bonchev–Trinajstić information content (AvgIpc) is 2.84. The van der Waals surface area contributed by atoms with Crippen molar-refractivity contribution in [2.24, 2.45) is 0 Å². The molecular formula is C26H33N5. The second-order valence-corrected chi connectivity index (χ2v) is 8.32. The Bertz CT molecular complexity index is 883. The van der Waals surface area contributed by atoms with Gasteiger partial charge >= 0.3 is 0 Å². The zero-order chi connectivity index (χ0) is 21.1. The maximum absolute atomic E-state index is 4.44. The molecule has 31 heavy (non-hydrogen) atoms.